The van der Waals surface area contributed by atoms with Crippen LogP contribution < -0.4 is 14.5 Å². The fourth-order valence-corrected chi connectivity index (χ4v) is 2.64. The number of nitrogens with zero attached hydrogens (tertiary/aromatic N) is 2. The molecule has 22 heavy (non-hydrogen) atoms. The normalized spacial score (nSPS) is 13.8. The largest absolute Gasteiger partial charge is 0.512 e. The van der Waals surface area contributed by atoms with Gasteiger partial charge >= 0.3 is 11.9 Å². The van der Waals surface area contributed by atoms with Crippen LogP contribution in [0.4, 0.5) is 14.9 Å². The van der Waals surface area contributed by atoms with E-state index in [4.69, 9.17) is 0 Å². The smallest absolute Gasteiger partial charge is 0.236 e. The van der Waals surface area contributed by atoms with Crippen molar-refractivity contribution in [1.29, 1.82) is 0 Å². The number of H-pyrrole nitrogens is 1. The van der Waals surface area contributed by atoms with Gasteiger partial charge in [0.15, 0.2) is 0 Å². The minimum atomic E-state index is -0.518. The van der Waals surface area contributed by atoms with Gasteiger partial charge in [0.25, 0.3) is 11.2 Å². The predicted molar refractivity (Wildman–Crippen MR) is 74.7 cm³/mol. The number of aromatic nitrogens is 2. The van der Waals surface area contributed by atoms with Crippen LogP contribution in [0.1, 0.15) is 10.5 Å². The minimum absolute atomic E-state index is 0.211. The number of para-hydroxylation sites is 2. The van der Waals surface area contributed by atoms with E-state index in [-0.39, 0.29) is 11.4 Å². The summed E-state index contributed by atoms with van der Waals surface area (Å²) in [7, 11) is 0. The number of rotatable bonds is 1. The van der Waals surface area contributed by atoms with Gasteiger partial charge in [-0.25, -0.2) is 14.2 Å². The van der Waals surface area contributed by atoms with Crippen molar-refractivity contribution >= 4 is 28.7 Å². The van der Waals surface area contributed by atoms with Gasteiger partial charge in [-0.1, -0.05) is 18.2 Å². The summed E-state index contributed by atoms with van der Waals surface area (Å²) >= 11 is 0. The number of hydrogen-bond acceptors (Lipinski definition) is 2. The number of carbonyl (C=O) groups excluding carboxylic acids is 2. The molecular weight excluding hydrogens is 285 g/mol. The van der Waals surface area contributed by atoms with E-state index in [0.29, 0.717) is 5.52 Å². The second kappa shape index (κ2) is 4.42. The molecule has 0 saturated heterocycles. The van der Waals surface area contributed by atoms with Gasteiger partial charge in [-0.2, -0.15) is 4.79 Å². The van der Waals surface area contributed by atoms with Crippen molar-refractivity contribution in [3.8, 4) is 0 Å². The van der Waals surface area contributed by atoms with E-state index in [9.17, 15) is 14.0 Å². The third kappa shape index (κ3) is 1.64. The van der Waals surface area contributed by atoms with Crippen molar-refractivity contribution in [3.63, 3.8) is 0 Å². The highest BCUT2D eigenvalue weighted by atomic mass is 19.1. The van der Waals surface area contributed by atoms with Crippen molar-refractivity contribution in [1.82, 2.24) is 0 Å². The SMILES string of the molecule is O=C1c2c[nH+]c3ccccc3[n+]2C(=O)N1c1cccc(F)c1. The predicted octanol–water partition coefficient (Wildman–Crippen LogP) is 1.71. The summed E-state index contributed by atoms with van der Waals surface area (Å²) in [6.07, 6.45) is 1.49. The van der Waals surface area contributed by atoms with E-state index in [2.05, 4.69) is 4.98 Å². The molecule has 1 N–H and O–H groups in total. The number of imide groups is 1. The van der Waals surface area contributed by atoms with Crippen LogP contribution in [0.2, 0.25) is 0 Å². The molecule has 0 radical (unpaired) electrons. The summed E-state index contributed by atoms with van der Waals surface area (Å²) in [6, 6.07) is 12.1. The van der Waals surface area contributed by atoms with Crippen LogP contribution in [-0.2, 0) is 0 Å². The Morgan fingerprint density at radius 1 is 1.05 bits per heavy atom. The summed E-state index contributed by atoms with van der Waals surface area (Å²) in [5.41, 5.74) is 1.75. The number of aromatic amines is 1. The van der Waals surface area contributed by atoms with E-state index in [0.717, 1.165) is 16.5 Å². The number of carbonyl (C=O) groups is 2. The molecule has 0 aliphatic carbocycles. The van der Waals surface area contributed by atoms with Gasteiger partial charge in [0.2, 0.25) is 11.7 Å². The molecule has 2 aromatic carbocycles. The summed E-state index contributed by atoms with van der Waals surface area (Å²) in [4.78, 5) is 29.1. The maximum Gasteiger partial charge on any atom is 0.512 e. The Balaban J connectivity index is 1.95. The van der Waals surface area contributed by atoms with Gasteiger partial charge in [0.1, 0.15) is 11.5 Å². The first-order valence-electron chi connectivity index (χ1n) is 6.66. The number of nitrogens with one attached hydrogen (secondary N) is 1. The molecule has 2 amide bonds. The fraction of sp³-hybridized carbons (Fsp3) is 0. The molecule has 0 spiro atoms. The van der Waals surface area contributed by atoms with Gasteiger partial charge in [0.05, 0.1) is 0 Å². The molecule has 1 aliphatic rings. The van der Waals surface area contributed by atoms with E-state index in [1.165, 1.54) is 29.0 Å². The zero-order chi connectivity index (χ0) is 15.3. The molecule has 5 nitrogen and oxygen atoms in total. The molecule has 3 aromatic rings. The van der Waals surface area contributed by atoms with Crippen LogP contribution in [0, 0.1) is 5.82 Å². The molecule has 106 valence electrons. The van der Waals surface area contributed by atoms with Gasteiger partial charge < -0.3 is 0 Å². The first-order valence-corrected chi connectivity index (χ1v) is 6.66. The molecule has 6 heteroatoms. The van der Waals surface area contributed by atoms with Crippen LogP contribution in [0.5, 0.6) is 0 Å². The van der Waals surface area contributed by atoms with E-state index >= 15 is 0 Å². The minimum Gasteiger partial charge on any atom is -0.236 e. The summed E-state index contributed by atoms with van der Waals surface area (Å²) in [5, 5.41) is 0. The van der Waals surface area contributed by atoms with Crippen molar-refractivity contribution in [3.05, 3.63) is 66.2 Å². The molecule has 0 bridgehead atoms. The molecule has 0 unspecified atom stereocenters. The third-order valence-corrected chi connectivity index (χ3v) is 3.62. The highest BCUT2D eigenvalue weighted by Crippen LogP contribution is 2.21. The first kappa shape index (κ1) is 12.6. The number of amides is 2. The molecule has 0 fully saturated rings. The highest BCUT2D eigenvalue weighted by molar-refractivity contribution is 6.21. The van der Waals surface area contributed by atoms with Crippen LogP contribution in [-0.4, -0.2) is 11.9 Å². The first-order chi connectivity index (χ1) is 10.7. The number of hydrogen-bond donors (Lipinski definition) is 0. The number of fused-ring (bicyclic) bond motifs is 3. The van der Waals surface area contributed by atoms with E-state index in [1.807, 2.05) is 12.1 Å². The summed E-state index contributed by atoms with van der Waals surface area (Å²) < 4.78 is 14.7. The fourth-order valence-electron chi connectivity index (χ4n) is 2.64. The Hall–Kier alpha value is -3.15. The average molecular weight is 295 g/mol. The number of benzene rings is 2. The average Bonchev–Trinajstić information content (AvgIpc) is 2.79. The van der Waals surface area contributed by atoms with E-state index < -0.39 is 17.8 Å². The lowest BCUT2D eigenvalue weighted by Gasteiger charge is -2.03. The van der Waals surface area contributed by atoms with Gasteiger partial charge in [-0.15, -0.1) is 9.47 Å². The number of anilines is 1. The quantitative estimate of drug-likeness (QED) is 0.642. The topological polar surface area (TPSA) is 55.4 Å². The van der Waals surface area contributed by atoms with E-state index in [1.54, 1.807) is 12.1 Å². The maximum atomic E-state index is 13.4. The number of halogens is 1. The van der Waals surface area contributed by atoms with Crippen molar-refractivity contribution in [2.24, 2.45) is 0 Å². The summed E-state index contributed by atoms with van der Waals surface area (Å²) in [6.45, 7) is 0. The maximum absolute atomic E-state index is 13.4. The molecular formula is C16H10FN3O2+2. The third-order valence-electron chi connectivity index (χ3n) is 3.62. The lowest BCUT2D eigenvalue weighted by molar-refractivity contribution is -0.551. The van der Waals surface area contributed by atoms with Crippen LogP contribution in [0.15, 0.2) is 54.7 Å². The van der Waals surface area contributed by atoms with Crippen molar-refractivity contribution in [2.75, 3.05) is 4.90 Å². The standard InChI is InChI=1S/C16H9FN3O2/c17-10-4-3-5-11(8-10)19-15(21)14-9-18-12-6-1-2-7-13(12)20(14)16(19)22/h1-9H/q+1/p+1. The van der Waals surface area contributed by atoms with Crippen molar-refractivity contribution < 1.29 is 23.5 Å². The van der Waals surface area contributed by atoms with Gasteiger partial charge in [-0.05, 0) is 18.2 Å². The molecule has 2 heterocycles. The van der Waals surface area contributed by atoms with Crippen molar-refractivity contribution in [2.45, 2.75) is 0 Å². The Labute approximate surface area is 124 Å². The monoisotopic (exact) mass is 295 g/mol. The lowest BCUT2D eigenvalue weighted by atomic mass is 10.2. The Morgan fingerprint density at radius 3 is 2.68 bits per heavy atom. The molecule has 0 saturated carbocycles. The molecule has 4 rings (SSSR count). The molecule has 1 aliphatic heterocycles. The van der Waals surface area contributed by atoms with Crippen LogP contribution in [0.3, 0.4) is 0 Å². The van der Waals surface area contributed by atoms with Crippen LogP contribution in [0.25, 0.3) is 11.0 Å². The zero-order valence-electron chi connectivity index (χ0n) is 11.3. The molecule has 0 atom stereocenters. The Morgan fingerprint density at radius 2 is 1.86 bits per heavy atom. The highest BCUT2D eigenvalue weighted by Gasteiger charge is 2.49. The summed E-state index contributed by atoms with van der Waals surface area (Å²) in [5.74, 6) is -0.993. The molecule has 1 aromatic heterocycles. The van der Waals surface area contributed by atoms with Crippen LogP contribution >= 0.6 is 0 Å². The second-order valence-electron chi connectivity index (χ2n) is 4.93. The Kier molecular flexibility index (Phi) is 2.53. The second-order valence-corrected chi connectivity index (χ2v) is 4.93. The van der Waals surface area contributed by atoms with Gasteiger partial charge in [0, 0.05) is 12.1 Å². The van der Waals surface area contributed by atoms with Gasteiger partial charge in [-0.3, -0.25) is 0 Å². The zero-order valence-corrected chi connectivity index (χ0v) is 11.3. The lowest BCUT2D eigenvalue weighted by Crippen LogP contribution is -2.47. The Bertz CT molecular complexity index is 955.